The van der Waals surface area contributed by atoms with Crippen LogP contribution in [0.3, 0.4) is 0 Å². The second-order valence-corrected chi connectivity index (χ2v) is 11.2. The summed E-state index contributed by atoms with van der Waals surface area (Å²) in [5, 5.41) is 12.1. The molecule has 0 radical (unpaired) electrons. The molecule has 41 heavy (non-hydrogen) atoms. The Balaban J connectivity index is 1.69. The van der Waals surface area contributed by atoms with E-state index in [-0.39, 0.29) is 54.3 Å². The van der Waals surface area contributed by atoms with E-state index in [4.69, 9.17) is 24.4 Å². The van der Waals surface area contributed by atoms with Gasteiger partial charge in [-0.3, -0.25) is 10.2 Å². The van der Waals surface area contributed by atoms with Crippen molar-refractivity contribution in [2.45, 2.75) is 59.7 Å². The Morgan fingerprint density at radius 3 is 2.49 bits per heavy atom. The van der Waals surface area contributed by atoms with Crippen molar-refractivity contribution in [3.63, 3.8) is 0 Å². The van der Waals surface area contributed by atoms with Crippen molar-refractivity contribution in [2.75, 3.05) is 58.0 Å². The van der Waals surface area contributed by atoms with Crippen LogP contribution in [0.2, 0.25) is 0 Å². The van der Waals surface area contributed by atoms with Crippen LogP contribution in [0.25, 0.3) is 0 Å². The van der Waals surface area contributed by atoms with Gasteiger partial charge in [0.15, 0.2) is 23.1 Å². The fourth-order valence-corrected chi connectivity index (χ4v) is 5.46. The third-order valence-electron chi connectivity index (χ3n) is 7.42. The Bertz CT molecular complexity index is 1290. The highest BCUT2D eigenvalue weighted by Crippen LogP contribution is 2.42. The molecule has 1 fully saturated rings. The second kappa shape index (κ2) is 12.7. The lowest BCUT2D eigenvalue weighted by atomic mass is 9.84. The fraction of sp³-hybridized carbons (Fsp3) is 0.548. The smallest absolute Gasteiger partial charge is 0.197 e. The van der Waals surface area contributed by atoms with Gasteiger partial charge in [0.25, 0.3) is 0 Å². The van der Waals surface area contributed by atoms with Gasteiger partial charge in [0.1, 0.15) is 17.8 Å². The Hall–Kier alpha value is -3.37. The van der Waals surface area contributed by atoms with Crippen LogP contribution in [0.4, 0.5) is 10.1 Å². The average Bonchev–Trinajstić information content (AvgIpc) is 3.25. The van der Waals surface area contributed by atoms with Gasteiger partial charge in [-0.2, -0.15) is 0 Å². The number of anilines is 1. The highest BCUT2D eigenvalue weighted by molar-refractivity contribution is 6.06. The number of halogens is 1. The van der Waals surface area contributed by atoms with E-state index in [9.17, 15) is 4.79 Å². The first-order valence-corrected chi connectivity index (χ1v) is 14.3. The topological polar surface area (TPSA) is 96.4 Å². The van der Waals surface area contributed by atoms with E-state index in [1.807, 2.05) is 26.0 Å². The number of carbonyl (C=O) groups is 1. The van der Waals surface area contributed by atoms with Crippen LogP contribution in [0.1, 0.15) is 68.6 Å². The molecule has 2 aliphatic rings. The number of nitrogens with one attached hydrogen (secondary N) is 2. The molecule has 2 N–H and O–H groups in total. The zero-order chi connectivity index (χ0) is 29.9. The van der Waals surface area contributed by atoms with Gasteiger partial charge in [0, 0.05) is 37.3 Å². The molecule has 0 aliphatic carbocycles. The monoisotopic (exact) mass is 570 g/mol. The first-order chi connectivity index (χ1) is 19.5. The maximum absolute atomic E-state index is 15.6. The summed E-state index contributed by atoms with van der Waals surface area (Å²) in [6.07, 6.45) is -0.205. The van der Waals surface area contributed by atoms with Crippen LogP contribution < -0.4 is 24.4 Å². The summed E-state index contributed by atoms with van der Waals surface area (Å²) in [6, 6.07) is 5.45. The first kappa shape index (κ1) is 30.6. The number of hydrogen-bond acceptors (Lipinski definition) is 8. The van der Waals surface area contributed by atoms with Gasteiger partial charge in [-0.15, -0.1) is 0 Å². The molecule has 1 atom stereocenters. The lowest BCUT2D eigenvalue weighted by Crippen LogP contribution is -2.49. The van der Waals surface area contributed by atoms with Crippen LogP contribution in [0.5, 0.6) is 17.2 Å². The van der Waals surface area contributed by atoms with Gasteiger partial charge >= 0.3 is 0 Å². The molecule has 0 bridgehead atoms. The predicted octanol–water partition coefficient (Wildman–Crippen LogP) is 4.73. The minimum atomic E-state index is -0.630. The van der Waals surface area contributed by atoms with Crippen molar-refractivity contribution in [1.29, 1.82) is 5.41 Å². The summed E-state index contributed by atoms with van der Waals surface area (Å²) in [5.41, 5.74) is 2.62. The number of carbonyl (C=O) groups excluding carboxylic acids is 1. The number of morpholine rings is 1. The highest BCUT2D eigenvalue weighted by Gasteiger charge is 2.34. The number of ketones is 1. The molecule has 1 saturated heterocycles. The molecule has 2 aromatic carbocycles. The number of Topliss-reactive ketones (excluding diaryl/α,β-unsaturated/α-hetero) is 1. The van der Waals surface area contributed by atoms with Crippen molar-refractivity contribution in [1.82, 2.24) is 10.2 Å². The average molecular weight is 571 g/mol. The van der Waals surface area contributed by atoms with Crippen LogP contribution in [0, 0.1) is 11.2 Å². The quantitative estimate of drug-likeness (QED) is 0.375. The number of ether oxygens (including phenoxy) is 4. The summed E-state index contributed by atoms with van der Waals surface area (Å²) >= 11 is 0. The Kier molecular flexibility index (Phi) is 9.44. The lowest BCUT2D eigenvalue weighted by molar-refractivity contribution is 0.0269. The number of rotatable bonds is 11. The first-order valence-electron chi connectivity index (χ1n) is 14.3. The number of amidine groups is 1. The Labute approximate surface area is 242 Å². The van der Waals surface area contributed by atoms with E-state index in [0.717, 1.165) is 17.8 Å². The number of benzene rings is 2. The summed E-state index contributed by atoms with van der Waals surface area (Å²) in [7, 11) is 1.65. The van der Waals surface area contributed by atoms with E-state index < -0.39 is 5.82 Å². The zero-order valence-electron chi connectivity index (χ0n) is 25.3. The van der Waals surface area contributed by atoms with Gasteiger partial charge in [0.05, 0.1) is 44.7 Å². The molecule has 1 unspecified atom stereocenters. The van der Waals surface area contributed by atoms with Crippen molar-refractivity contribution < 1.29 is 28.1 Å². The van der Waals surface area contributed by atoms with Crippen molar-refractivity contribution in [3.8, 4) is 17.2 Å². The van der Waals surface area contributed by atoms with Gasteiger partial charge in [0.2, 0.25) is 0 Å². The van der Waals surface area contributed by atoms with Crippen molar-refractivity contribution in [2.24, 2.45) is 0 Å². The molecule has 2 aliphatic heterocycles. The Morgan fingerprint density at radius 2 is 1.90 bits per heavy atom. The van der Waals surface area contributed by atoms with Crippen LogP contribution >= 0.6 is 0 Å². The molecule has 0 amide bonds. The molecule has 10 heteroatoms. The number of likely N-dealkylation sites (N-methyl/N-ethyl adjacent to an activating group) is 1. The molecular formula is C31H43FN4O5. The third-order valence-corrected chi connectivity index (χ3v) is 7.42. The molecule has 9 nitrogen and oxygen atoms in total. The zero-order valence-corrected chi connectivity index (χ0v) is 25.3. The maximum Gasteiger partial charge on any atom is 0.197 e. The molecule has 2 aromatic rings. The molecular weight excluding hydrogens is 527 g/mol. The van der Waals surface area contributed by atoms with Crippen LogP contribution in [-0.4, -0.2) is 75.9 Å². The molecule has 0 spiro atoms. The minimum absolute atomic E-state index is 0.000259. The van der Waals surface area contributed by atoms with Gasteiger partial charge in [-0.25, -0.2) is 4.39 Å². The van der Waals surface area contributed by atoms with Gasteiger partial charge < -0.3 is 34.1 Å². The molecule has 0 aromatic heterocycles. The van der Waals surface area contributed by atoms with Gasteiger partial charge in [-0.1, -0.05) is 20.8 Å². The normalized spacial score (nSPS) is 16.9. The summed E-state index contributed by atoms with van der Waals surface area (Å²) in [5.74, 6) is 0.164. The van der Waals surface area contributed by atoms with E-state index in [1.54, 1.807) is 25.0 Å². The summed E-state index contributed by atoms with van der Waals surface area (Å²) < 4.78 is 38.7. The van der Waals surface area contributed by atoms with E-state index >= 15 is 4.39 Å². The highest BCUT2D eigenvalue weighted by atomic mass is 19.1. The lowest BCUT2D eigenvalue weighted by Gasteiger charge is -2.37. The van der Waals surface area contributed by atoms with Gasteiger partial charge in [-0.05, 0) is 49.9 Å². The third kappa shape index (κ3) is 6.13. The molecule has 2 heterocycles. The molecule has 0 saturated carbocycles. The standard InChI is InChI=1S/C31H43FN4O5/c1-8-36(25-16-34-11-12-41-25)22-14-19(13-21(28(22)38-7)31(4,5)6)23(37)18-35-17-20-15-24(39-9-2)29(40-10-3)27(32)26(20)30(35)33/h13-15,25,33-34H,8-12,16-18H2,1-7H3. The van der Waals surface area contributed by atoms with Crippen molar-refractivity contribution in [3.05, 3.63) is 46.3 Å². The SMILES string of the molecule is CCOc1cc2c(c(F)c1OCC)C(=N)N(CC(=O)c1cc(N(CC)C3CNCCO3)c(OC)c(C(C)(C)C)c1)C2. The number of methoxy groups -OCH3 is 1. The minimum Gasteiger partial charge on any atom is -0.494 e. The fourth-order valence-electron chi connectivity index (χ4n) is 5.46. The van der Waals surface area contributed by atoms with E-state index in [2.05, 4.69) is 31.0 Å². The van der Waals surface area contributed by atoms with Crippen LogP contribution in [-0.2, 0) is 16.7 Å². The predicted molar refractivity (Wildman–Crippen MR) is 158 cm³/mol. The number of hydrogen-bond donors (Lipinski definition) is 2. The maximum atomic E-state index is 15.6. The molecule has 4 rings (SSSR count). The number of nitrogens with zero attached hydrogens (tertiary/aromatic N) is 2. The number of fused-ring (bicyclic) bond motifs is 1. The van der Waals surface area contributed by atoms with Crippen LogP contribution in [0.15, 0.2) is 18.2 Å². The van der Waals surface area contributed by atoms with E-state index in [1.165, 1.54) is 0 Å². The second-order valence-electron chi connectivity index (χ2n) is 11.2. The van der Waals surface area contributed by atoms with Crippen molar-refractivity contribution >= 4 is 17.3 Å². The van der Waals surface area contributed by atoms with E-state index in [0.29, 0.717) is 48.9 Å². The largest absolute Gasteiger partial charge is 0.494 e. The summed E-state index contributed by atoms with van der Waals surface area (Å²) in [6.45, 7) is 15.3. The summed E-state index contributed by atoms with van der Waals surface area (Å²) in [4.78, 5) is 17.6. The molecule has 224 valence electrons. The Morgan fingerprint density at radius 1 is 1.17 bits per heavy atom.